The fraction of sp³-hybridized carbons (Fsp3) is 0.286. The quantitative estimate of drug-likeness (QED) is 0.702. The maximum atomic E-state index is 12.1. The molecule has 0 aliphatic rings. The lowest BCUT2D eigenvalue weighted by atomic mass is 9.98. The SMILES string of the molecule is CC(C)(C)N(C(=O)O)[C@H](Cc1ccccc1)c1nnc(-c2ccccc2)o1. The smallest absolute Gasteiger partial charge is 0.408 e. The van der Waals surface area contributed by atoms with Crippen LogP contribution in [0.1, 0.15) is 38.3 Å². The highest BCUT2D eigenvalue weighted by Gasteiger charge is 2.37. The maximum Gasteiger partial charge on any atom is 0.408 e. The van der Waals surface area contributed by atoms with Crippen molar-refractivity contribution in [3.05, 3.63) is 72.1 Å². The van der Waals surface area contributed by atoms with Crippen LogP contribution >= 0.6 is 0 Å². The maximum absolute atomic E-state index is 12.1. The number of hydrogen-bond donors (Lipinski definition) is 1. The third kappa shape index (κ3) is 4.34. The molecule has 0 spiro atoms. The number of carbonyl (C=O) groups is 1. The molecule has 1 heterocycles. The first kappa shape index (κ1) is 18.6. The molecule has 0 saturated carbocycles. The summed E-state index contributed by atoms with van der Waals surface area (Å²) in [5.74, 6) is 0.665. The summed E-state index contributed by atoms with van der Waals surface area (Å²) >= 11 is 0. The van der Waals surface area contributed by atoms with Crippen molar-refractivity contribution >= 4 is 6.09 Å². The molecule has 0 unspecified atom stereocenters. The topological polar surface area (TPSA) is 79.5 Å². The Balaban J connectivity index is 2.01. The van der Waals surface area contributed by atoms with Crippen LogP contribution in [-0.2, 0) is 6.42 Å². The van der Waals surface area contributed by atoms with Crippen molar-refractivity contribution in [1.82, 2.24) is 15.1 Å². The van der Waals surface area contributed by atoms with Crippen LogP contribution in [0.3, 0.4) is 0 Å². The summed E-state index contributed by atoms with van der Waals surface area (Å²) in [5, 5.41) is 18.2. The van der Waals surface area contributed by atoms with E-state index in [1.165, 1.54) is 4.90 Å². The van der Waals surface area contributed by atoms with Crippen molar-refractivity contribution in [3.8, 4) is 11.5 Å². The average molecular weight is 365 g/mol. The van der Waals surface area contributed by atoms with Crippen molar-refractivity contribution in [2.75, 3.05) is 0 Å². The molecule has 0 aliphatic heterocycles. The molecule has 3 rings (SSSR count). The predicted octanol–water partition coefficient (Wildman–Crippen LogP) is 4.80. The number of benzene rings is 2. The highest BCUT2D eigenvalue weighted by molar-refractivity contribution is 5.66. The number of carboxylic acid groups (broad SMARTS) is 1. The molecule has 6 heteroatoms. The van der Waals surface area contributed by atoms with Gasteiger partial charge in [-0.15, -0.1) is 10.2 Å². The van der Waals surface area contributed by atoms with Gasteiger partial charge in [-0.2, -0.15) is 0 Å². The zero-order chi connectivity index (χ0) is 19.4. The molecule has 6 nitrogen and oxygen atoms in total. The number of nitrogens with zero attached hydrogens (tertiary/aromatic N) is 3. The summed E-state index contributed by atoms with van der Waals surface area (Å²) in [6.07, 6.45) is -0.580. The van der Waals surface area contributed by atoms with Crippen molar-refractivity contribution in [1.29, 1.82) is 0 Å². The fourth-order valence-electron chi connectivity index (χ4n) is 3.08. The van der Waals surface area contributed by atoms with E-state index in [-0.39, 0.29) is 5.89 Å². The Labute approximate surface area is 158 Å². The lowest BCUT2D eigenvalue weighted by Crippen LogP contribution is -2.48. The molecule has 0 fully saturated rings. The van der Waals surface area contributed by atoms with Crippen LogP contribution in [-0.4, -0.2) is 31.8 Å². The Morgan fingerprint density at radius 1 is 1.04 bits per heavy atom. The van der Waals surface area contributed by atoms with Crippen LogP contribution in [0.2, 0.25) is 0 Å². The molecule has 1 N–H and O–H groups in total. The van der Waals surface area contributed by atoms with Crippen molar-refractivity contribution in [2.45, 2.75) is 38.8 Å². The van der Waals surface area contributed by atoms with Crippen LogP contribution in [0.15, 0.2) is 65.1 Å². The second-order valence-corrected chi connectivity index (χ2v) is 7.34. The molecule has 1 atom stereocenters. The lowest BCUT2D eigenvalue weighted by molar-refractivity contribution is 0.0604. The minimum absolute atomic E-state index is 0.287. The zero-order valence-electron chi connectivity index (χ0n) is 15.7. The van der Waals surface area contributed by atoms with E-state index in [9.17, 15) is 9.90 Å². The Morgan fingerprint density at radius 2 is 1.63 bits per heavy atom. The minimum atomic E-state index is -1.03. The number of hydrogen-bond acceptors (Lipinski definition) is 4. The van der Waals surface area contributed by atoms with Gasteiger partial charge in [-0.1, -0.05) is 48.5 Å². The summed E-state index contributed by atoms with van der Waals surface area (Å²) in [6, 6.07) is 18.6. The van der Waals surface area contributed by atoms with Crippen LogP contribution in [0.5, 0.6) is 0 Å². The van der Waals surface area contributed by atoms with Crippen LogP contribution in [0.4, 0.5) is 4.79 Å². The second kappa shape index (κ2) is 7.61. The first-order valence-electron chi connectivity index (χ1n) is 8.81. The number of aromatic nitrogens is 2. The molecular weight excluding hydrogens is 342 g/mol. The third-order valence-corrected chi connectivity index (χ3v) is 4.26. The van der Waals surface area contributed by atoms with E-state index in [0.29, 0.717) is 12.3 Å². The first-order chi connectivity index (χ1) is 12.9. The Bertz CT molecular complexity index is 886. The van der Waals surface area contributed by atoms with E-state index >= 15 is 0 Å². The minimum Gasteiger partial charge on any atom is -0.465 e. The summed E-state index contributed by atoms with van der Waals surface area (Å²) in [5.41, 5.74) is 1.16. The normalized spacial score (nSPS) is 12.6. The zero-order valence-corrected chi connectivity index (χ0v) is 15.7. The van der Waals surface area contributed by atoms with Gasteiger partial charge in [0.1, 0.15) is 6.04 Å². The second-order valence-electron chi connectivity index (χ2n) is 7.34. The molecular formula is C21H23N3O3. The lowest BCUT2D eigenvalue weighted by Gasteiger charge is -2.38. The van der Waals surface area contributed by atoms with E-state index in [0.717, 1.165) is 11.1 Å². The molecule has 1 amide bonds. The monoisotopic (exact) mass is 365 g/mol. The third-order valence-electron chi connectivity index (χ3n) is 4.26. The molecule has 27 heavy (non-hydrogen) atoms. The molecule has 0 radical (unpaired) electrons. The predicted molar refractivity (Wildman–Crippen MR) is 102 cm³/mol. The van der Waals surface area contributed by atoms with Crippen LogP contribution in [0, 0.1) is 0 Å². The van der Waals surface area contributed by atoms with Gasteiger partial charge in [-0.25, -0.2) is 4.79 Å². The van der Waals surface area contributed by atoms with Gasteiger partial charge in [-0.3, -0.25) is 4.90 Å². The van der Waals surface area contributed by atoms with E-state index in [4.69, 9.17) is 4.42 Å². The Kier molecular flexibility index (Phi) is 5.26. The van der Waals surface area contributed by atoms with Gasteiger partial charge in [0.25, 0.3) is 0 Å². The summed E-state index contributed by atoms with van der Waals surface area (Å²) < 4.78 is 5.90. The van der Waals surface area contributed by atoms with E-state index in [2.05, 4.69) is 10.2 Å². The summed E-state index contributed by atoms with van der Waals surface area (Å²) in [7, 11) is 0. The fourth-order valence-corrected chi connectivity index (χ4v) is 3.08. The van der Waals surface area contributed by atoms with E-state index < -0.39 is 17.7 Å². The van der Waals surface area contributed by atoms with Gasteiger partial charge in [0.15, 0.2) is 0 Å². The summed E-state index contributed by atoms with van der Waals surface area (Å²) in [4.78, 5) is 13.4. The summed E-state index contributed by atoms with van der Waals surface area (Å²) in [6.45, 7) is 5.56. The molecule has 1 aromatic heterocycles. The van der Waals surface area contributed by atoms with E-state index in [1.54, 1.807) is 0 Å². The van der Waals surface area contributed by atoms with Gasteiger partial charge in [0, 0.05) is 17.5 Å². The van der Waals surface area contributed by atoms with Gasteiger partial charge in [0.2, 0.25) is 11.8 Å². The average Bonchev–Trinajstić information content (AvgIpc) is 3.11. The first-order valence-corrected chi connectivity index (χ1v) is 8.81. The van der Waals surface area contributed by atoms with E-state index in [1.807, 2.05) is 81.4 Å². The molecule has 0 aliphatic carbocycles. The van der Waals surface area contributed by atoms with Crippen LogP contribution in [0.25, 0.3) is 11.5 Å². The largest absolute Gasteiger partial charge is 0.465 e. The van der Waals surface area contributed by atoms with Gasteiger partial charge in [0.05, 0.1) is 0 Å². The Hall–Kier alpha value is -3.15. The van der Waals surface area contributed by atoms with Gasteiger partial charge in [-0.05, 0) is 38.5 Å². The van der Waals surface area contributed by atoms with Crippen molar-refractivity contribution in [2.24, 2.45) is 0 Å². The van der Waals surface area contributed by atoms with Crippen LogP contribution < -0.4 is 0 Å². The van der Waals surface area contributed by atoms with Crippen molar-refractivity contribution < 1.29 is 14.3 Å². The highest BCUT2D eigenvalue weighted by atomic mass is 16.4. The number of amides is 1. The standard InChI is InChI=1S/C21H23N3O3/c1-21(2,3)24(20(25)26)17(14-15-10-6-4-7-11-15)19-23-22-18(27-19)16-12-8-5-9-13-16/h4-13,17H,14H2,1-3H3,(H,25,26)/t17-/m1/s1. The molecule has 2 aromatic carbocycles. The van der Waals surface area contributed by atoms with Gasteiger partial charge < -0.3 is 9.52 Å². The van der Waals surface area contributed by atoms with Gasteiger partial charge >= 0.3 is 6.09 Å². The number of rotatable bonds is 5. The molecule has 0 bridgehead atoms. The highest BCUT2D eigenvalue weighted by Crippen LogP contribution is 2.32. The Morgan fingerprint density at radius 3 is 2.19 bits per heavy atom. The molecule has 0 saturated heterocycles. The van der Waals surface area contributed by atoms with Crippen molar-refractivity contribution in [3.63, 3.8) is 0 Å². The molecule has 3 aromatic rings. The molecule has 140 valence electrons.